The molecular weight excluding hydrogens is 416 g/mol. The van der Waals surface area contributed by atoms with Crippen LogP contribution in [0.2, 0.25) is 0 Å². The first-order chi connectivity index (χ1) is 15.4. The van der Waals surface area contributed by atoms with Crippen LogP contribution in [0, 0.1) is 11.8 Å². The quantitative estimate of drug-likeness (QED) is 0.381. The number of imidazole rings is 1. The Balaban J connectivity index is 1.56. The number of hydrogen-bond donors (Lipinski definition) is 4. The summed E-state index contributed by atoms with van der Waals surface area (Å²) in [5.74, 6) is 5.89. The highest BCUT2D eigenvalue weighted by Gasteiger charge is 2.47. The molecule has 2 aliphatic rings. The van der Waals surface area contributed by atoms with Gasteiger partial charge in [0.05, 0.1) is 12.9 Å². The fourth-order valence-corrected chi connectivity index (χ4v) is 3.80. The second kappa shape index (κ2) is 9.35. The number of nitrogens with two attached hydrogens (primary N) is 1. The molecule has 4 heterocycles. The molecule has 32 heavy (non-hydrogen) atoms. The summed E-state index contributed by atoms with van der Waals surface area (Å²) >= 11 is 0. The number of hydrogen-bond acceptors (Lipinski definition) is 10. The van der Waals surface area contributed by atoms with E-state index >= 15 is 0 Å². The molecule has 5 N–H and O–H groups in total. The molecule has 4 rings (SSSR count). The lowest BCUT2D eigenvalue weighted by Crippen LogP contribution is -2.44. The van der Waals surface area contributed by atoms with Gasteiger partial charge in [0, 0.05) is 32.7 Å². The lowest BCUT2D eigenvalue weighted by atomic mass is 10.1. The van der Waals surface area contributed by atoms with Crippen molar-refractivity contribution >= 4 is 22.9 Å². The summed E-state index contributed by atoms with van der Waals surface area (Å²) in [7, 11) is 2.10. The van der Waals surface area contributed by atoms with Crippen molar-refractivity contribution in [3.63, 3.8) is 0 Å². The van der Waals surface area contributed by atoms with E-state index in [1.807, 2.05) is 0 Å². The fraction of sp³-hybridized carbons (Fsp3) is 0.600. The number of likely N-dealkylation sites (N-methyl/N-ethyl adjacent to an activating group) is 2. The van der Waals surface area contributed by atoms with Gasteiger partial charge in [-0.2, -0.15) is 0 Å². The third kappa shape index (κ3) is 4.38. The molecule has 12 heteroatoms. The minimum atomic E-state index is -1.40. The van der Waals surface area contributed by atoms with Crippen LogP contribution in [0.3, 0.4) is 0 Å². The van der Waals surface area contributed by atoms with Gasteiger partial charge in [-0.05, 0) is 19.9 Å². The molecule has 0 unspecified atom stereocenters. The summed E-state index contributed by atoms with van der Waals surface area (Å²) in [6.07, 6.45) is -3.65. The minimum absolute atomic E-state index is 0.144. The smallest absolute Gasteiger partial charge is 0.252 e. The molecule has 0 saturated carbocycles. The van der Waals surface area contributed by atoms with Crippen LogP contribution < -0.4 is 11.1 Å². The van der Waals surface area contributed by atoms with Gasteiger partial charge in [-0.3, -0.25) is 14.3 Å². The Kier molecular flexibility index (Phi) is 6.54. The van der Waals surface area contributed by atoms with Gasteiger partial charge in [0.25, 0.3) is 5.91 Å². The van der Waals surface area contributed by atoms with Gasteiger partial charge in [0.2, 0.25) is 5.82 Å². The number of nitrogens with zero attached hydrogens (tertiary/aromatic N) is 6. The summed E-state index contributed by atoms with van der Waals surface area (Å²) in [6.45, 7) is 6.63. The zero-order valence-corrected chi connectivity index (χ0v) is 18.1. The molecule has 0 spiro atoms. The average Bonchev–Trinajstić information content (AvgIpc) is 3.31. The monoisotopic (exact) mass is 444 g/mol. The average molecular weight is 444 g/mol. The first kappa shape index (κ1) is 22.4. The van der Waals surface area contributed by atoms with Crippen molar-refractivity contribution in [1.82, 2.24) is 34.6 Å². The summed E-state index contributed by atoms with van der Waals surface area (Å²) in [5, 5.41) is 23.4. The van der Waals surface area contributed by atoms with Gasteiger partial charge in [0.1, 0.15) is 17.7 Å². The molecule has 2 fully saturated rings. The predicted octanol–water partition coefficient (Wildman–Crippen LogP) is -2.24. The molecule has 0 bridgehead atoms. The third-order valence-corrected chi connectivity index (χ3v) is 5.67. The number of carbonyl (C=O) groups excluding carboxylic acids is 1. The number of aliphatic hydroxyl groups is 2. The molecule has 1 amide bonds. The van der Waals surface area contributed by atoms with Crippen LogP contribution in [0.25, 0.3) is 11.2 Å². The molecule has 0 aromatic carbocycles. The number of rotatable bonds is 4. The molecule has 2 aromatic heterocycles. The first-order valence-corrected chi connectivity index (χ1v) is 10.6. The highest BCUT2D eigenvalue weighted by atomic mass is 16.6. The van der Waals surface area contributed by atoms with E-state index in [4.69, 9.17) is 10.5 Å². The van der Waals surface area contributed by atoms with E-state index in [9.17, 15) is 15.0 Å². The van der Waals surface area contributed by atoms with Gasteiger partial charge in [-0.25, -0.2) is 15.0 Å². The predicted molar refractivity (Wildman–Crippen MR) is 115 cm³/mol. The number of aliphatic hydroxyl groups excluding tert-OH is 2. The molecule has 12 nitrogen and oxygen atoms in total. The topological polar surface area (TPSA) is 155 Å². The minimum Gasteiger partial charge on any atom is -0.387 e. The second-order valence-corrected chi connectivity index (χ2v) is 7.96. The number of ether oxygens (including phenoxy) is 1. The van der Waals surface area contributed by atoms with Crippen molar-refractivity contribution < 1.29 is 19.7 Å². The molecule has 4 atom stereocenters. The van der Waals surface area contributed by atoms with Crippen molar-refractivity contribution in [3.05, 3.63) is 12.2 Å². The molecule has 2 aliphatic heterocycles. The second-order valence-electron chi connectivity index (χ2n) is 7.96. The SMILES string of the molecule is CCNC(=O)[C@H]1O[C@@H](n2cnc3c(N)nc(C#CCN4CCN(C)CC4)nc32)[C@H](O)[C@@H]1O. The normalized spacial score (nSPS) is 26.8. The lowest BCUT2D eigenvalue weighted by molar-refractivity contribution is -0.137. The molecule has 0 aliphatic carbocycles. The number of fused-ring (bicyclic) bond motifs is 1. The first-order valence-electron chi connectivity index (χ1n) is 10.6. The zero-order chi connectivity index (χ0) is 22.8. The van der Waals surface area contributed by atoms with Crippen LogP contribution in [0.5, 0.6) is 0 Å². The maximum atomic E-state index is 12.2. The van der Waals surface area contributed by atoms with Gasteiger partial charge in [-0.1, -0.05) is 5.92 Å². The Labute approximate surface area is 185 Å². The molecular formula is C20H28N8O4. The van der Waals surface area contributed by atoms with Gasteiger partial charge >= 0.3 is 0 Å². The van der Waals surface area contributed by atoms with Crippen LogP contribution in [0.1, 0.15) is 19.0 Å². The van der Waals surface area contributed by atoms with Crippen LogP contribution >= 0.6 is 0 Å². The molecule has 172 valence electrons. The van der Waals surface area contributed by atoms with Crippen LogP contribution in [-0.2, 0) is 9.53 Å². The lowest BCUT2D eigenvalue weighted by Gasteiger charge is -2.30. The van der Waals surface area contributed by atoms with Crippen molar-refractivity contribution in [2.75, 3.05) is 52.0 Å². The number of piperazine rings is 1. The number of aromatic nitrogens is 4. The van der Waals surface area contributed by atoms with Gasteiger partial charge in [0.15, 0.2) is 23.8 Å². The Hall–Kier alpha value is -2.82. The van der Waals surface area contributed by atoms with E-state index in [1.165, 1.54) is 10.9 Å². The van der Waals surface area contributed by atoms with E-state index < -0.39 is 30.4 Å². The largest absolute Gasteiger partial charge is 0.387 e. The maximum absolute atomic E-state index is 12.2. The number of nitrogen functional groups attached to an aromatic ring is 1. The van der Waals surface area contributed by atoms with Crippen LogP contribution in [-0.4, -0.2) is 110 Å². The van der Waals surface area contributed by atoms with Crippen molar-refractivity contribution in [2.45, 2.75) is 31.5 Å². The number of nitrogens with one attached hydrogen (secondary N) is 1. The zero-order valence-electron chi connectivity index (χ0n) is 18.1. The Morgan fingerprint density at radius 1 is 1.28 bits per heavy atom. The molecule has 2 saturated heterocycles. The standard InChI is InChI=1S/C20H28N8O4/c1-3-22-19(31)16-14(29)15(30)20(32-16)28-11-23-13-17(21)24-12(25-18(13)28)5-4-6-27-9-7-26(2)8-10-27/h11,14-16,20,29-30H,3,6-10H2,1-2H3,(H,22,31)(H2,21,24,25)/t14-,15+,16-,20+/m0/s1. The van der Waals surface area contributed by atoms with Crippen molar-refractivity contribution in [2.24, 2.45) is 0 Å². The summed E-state index contributed by atoms with van der Waals surface area (Å²) in [6, 6.07) is 0. The summed E-state index contributed by atoms with van der Waals surface area (Å²) < 4.78 is 7.10. The van der Waals surface area contributed by atoms with E-state index in [2.05, 4.69) is 49.0 Å². The molecule has 2 aromatic rings. The molecule has 0 radical (unpaired) electrons. The van der Waals surface area contributed by atoms with Crippen LogP contribution in [0.15, 0.2) is 6.33 Å². The summed E-state index contributed by atoms with van der Waals surface area (Å²) in [4.78, 5) is 29.5. The van der Waals surface area contributed by atoms with Gasteiger partial charge in [-0.15, -0.1) is 0 Å². The fourth-order valence-electron chi connectivity index (χ4n) is 3.80. The Morgan fingerprint density at radius 3 is 2.75 bits per heavy atom. The summed E-state index contributed by atoms with van der Waals surface area (Å²) in [5.41, 5.74) is 6.67. The third-order valence-electron chi connectivity index (χ3n) is 5.67. The Bertz CT molecular complexity index is 1040. The van der Waals surface area contributed by atoms with Gasteiger partial charge < -0.3 is 30.9 Å². The van der Waals surface area contributed by atoms with Crippen LogP contribution in [0.4, 0.5) is 5.82 Å². The number of amides is 1. The van der Waals surface area contributed by atoms with E-state index in [-0.39, 0.29) is 11.6 Å². The maximum Gasteiger partial charge on any atom is 0.252 e. The van der Waals surface area contributed by atoms with Crippen molar-refractivity contribution in [3.8, 4) is 11.8 Å². The van der Waals surface area contributed by atoms with E-state index in [1.54, 1.807) is 6.92 Å². The number of anilines is 1. The Morgan fingerprint density at radius 2 is 2.03 bits per heavy atom. The highest BCUT2D eigenvalue weighted by Crippen LogP contribution is 2.32. The highest BCUT2D eigenvalue weighted by molar-refractivity contribution is 5.83. The van der Waals surface area contributed by atoms with E-state index in [0.29, 0.717) is 24.3 Å². The number of carbonyl (C=O) groups is 1. The van der Waals surface area contributed by atoms with Crippen molar-refractivity contribution in [1.29, 1.82) is 0 Å². The van der Waals surface area contributed by atoms with E-state index in [0.717, 1.165) is 26.2 Å².